The van der Waals surface area contributed by atoms with E-state index < -0.39 is 5.97 Å². The molecule has 1 aliphatic rings. The van der Waals surface area contributed by atoms with Crippen molar-refractivity contribution in [3.8, 4) is 0 Å². The summed E-state index contributed by atoms with van der Waals surface area (Å²) in [5.74, 6) is -1.04. The smallest absolute Gasteiger partial charge is 0.307 e. The second-order valence-electron chi connectivity index (χ2n) is 17.3. The summed E-state index contributed by atoms with van der Waals surface area (Å²) in [6.45, 7) is 32.2. The number of unbranched alkanes of at least 4 members (excludes halogenated alkanes) is 4. The minimum absolute atomic E-state index is 0.00344. The van der Waals surface area contributed by atoms with E-state index in [-0.39, 0.29) is 33.0 Å². The molecule has 0 saturated carbocycles. The Balaban J connectivity index is 3.34. The Morgan fingerprint density at radius 1 is 0.860 bits per heavy atom. The first-order valence-corrected chi connectivity index (χ1v) is 18.0. The third-order valence-electron chi connectivity index (χ3n) is 11.7. The SMILES string of the molecule is CCCCCCCC(CCC)N1N=C(CC)CC=C1CC(C)(C)C(C)(C)CC(C)(CC)C(C)(C)C(CC(C)(C)C)C(=O)O. The summed E-state index contributed by atoms with van der Waals surface area (Å²) >= 11 is 0. The summed E-state index contributed by atoms with van der Waals surface area (Å²) in [6, 6.07) is 0.465. The zero-order chi connectivity index (χ0) is 33.3. The Morgan fingerprint density at radius 3 is 1.95 bits per heavy atom. The maximum Gasteiger partial charge on any atom is 0.307 e. The summed E-state index contributed by atoms with van der Waals surface area (Å²) in [6.07, 6.45) is 18.2. The van der Waals surface area contributed by atoms with E-state index in [1.807, 2.05) is 0 Å². The Kier molecular flexibility index (Phi) is 15.1. The molecule has 4 heteroatoms. The Labute approximate surface area is 268 Å². The number of allylic oxidation sites excluding steroid dienone is 2. The van der Waals surface area contributed by atoms with Gasteiger partial charge in [0.2, 0.25) is 0 Å². The number of nitrogens with zero attached hydrogens (tertiary/aromatic N) is 2. The minimum Gasteiger partial charge on any atom is -0.481 e. The van der Waals surface area contributed by atoms with Gasteiger partial charge in [-0.3, -0.25) is 9.80 Å². The first-order chi connectivity index (χ1) is 19.7. The van der Waals surface area contributed by atoms with Crippen LogP contribution in [0.15, 0.2) is 16.9 Å². The molecule has 1 rings (SSSR count). The van der Waals surface area contributed by atoms with E-state index in [4.69, 9.17) is 5.10 Å². The highest BCUT2D eigenvalue weighted by molar-refractivity contribution is 5.86. The predicted octanol–water partition coefficient (Wildman–Crippen LogP) is 12.3. The van der Waals surface area contributed by atoms with Gasteiger partial charge in [0.15, 0.2) is 0 Å². The lowest BCUT2D eigenvalue weighted by Crippen LogP contribution is -2.49. The molecule has 0 saturated heterocycles. The number of hydrazone groups is 1. The Morgan fingerprint density at radius 2 is 1.47 bits per heavy atom. The molecule has 0 spiro atoms. The molecule has 1 aliphatic heterocycles. The molecule has 0 aliphatic carbocycles. The van der Waals surface area contributed by atoms with Crippen molar-refractivity contribution in [3.63, 3.8) is 0 Å². The fraction of sp³-hybridized carbons (Fsp3) is 0.897. The van der Waals surface area contributed by atoms with Crippen molar-refractivity contribution in [2.24, 2.45) is 38.1 Å². The van der Waals surface area contributed by atoms with Crippen LogP contribution in [0.5, 0.6) is 0 Å². The Bertz CT molecular complexity index is 920. The van der Waals surface area contributed by atoms with Crippen molar-refractivity contribution < 1.29 is 9.90 Å². The van der Waals surface area contributed by atoms with Crippen LogP contribution in [0.2, 0.25) is 0 Å². The van der Waals surface area contributed by atoms with Crippen LogP contribution in [0.3, 0.4) is 0 Å². The molecule has 0 amide bonds. The molecular weight excluding hydrogens is 528 g/mol. The Hall–Kier alpha value is -1.32. The first-order valence-electron chi connectivity index (χ1n) is 18.0. The molecule has 3 atom stereocenters. The minimum atomic E-state index is -0.652. The van der Waals surface area contributed by atoms with Gasteiger partial charge in [0.25, 0.3) is 0 Å². The molecule has 0 bridgehead atoms. The number of carboxylic acids is 1. The van der Waals surface area contributed by atoms with Crippen molar-refractivity contribution in [3.05, 3.63) is 11.8 Å². The van der Waals surface area contributed by atoms with Crippen molar-refractivity contribution in [2.75, 3.05) is 0 Å². The van der Waals surface area contributed by atoms with Crippen LogP contribution in [0.4, 0.5) is 0 Å². The standard InChI is InChI=1S/C39H74N2O2/c1-15-19-20-21-22-24-31(23-16-2)41-32(26-25-30(17-3)40-41)27-36(8,9)37(10,11)29-39(14,18-4)38(12,13)33(34(42)43)28-35(5,6)7/h26,31,33H,15-25,27-29H2,1-14H3,(H,42,43). The summed E-state index contributed by atoms with van der Waals surface area (Å²) in [7, 11) is 0. The number of aliphatic carboxylic acids is 1. The van der Waals surface area contributed by atoms with Crippen LogP contribution in [0.1, 0.15) is 187 Å². The van der Waals surface area contributed by atoms with E-state index in [1.165, 1.54) is 62.8 Å². The van der Waals surface area contributed by atoms with Gasteiger partial charge in [-0.15, -0.1) is 0 Å². The second-order valence-corrected chi connectivity index (χ2v) is 17.3. The summed E-state index contributed by atoms with van der Waals surface area (Å²) in [4.78, 5) is 12.7. The molecule has 252 valence electrons. The topological polar surface area (TPSA) is 52.9 Å². The predicted molar refractivity (Wildman–Crippen MR) is 189 cm³/mol. The van der Waals surface area contributed by atoms with Gasteiger partial charge >= 0.3 is 5.97 Å². The van der Waals surface area contributed by atoms with Crippen LogP contribution >= 0.6 is 0 Å². The number of hydrogen-bond acceptors (Lipinski definition) is 3. The molecule has 0 fully saturated rings. The van der Waals surface area contributed by atoms with E-state index in [2.05, 4.69) is 108 Å². The average molecular weight is 603 g/mol. The average Bonchev–Trinajstić information content (AvgIpc) is 2.89. The highest BCUT2D eigenvalue weighted by Gasteiger charge is 2.53. The van der Waals surface area contributed by atoms with Gasteiger partial charge in [-0.2, -0.15) is 5.10 Å². The van der Waals surface area contributed by atoms with Crippen LogP contribution in [0, 0.1) is 33.0 Å². The van der Waals surface area contributed by atoms with Crippen molar-refractivity contribution in [1.29, 1.82) is 0 Å². The number of carbonyl (C=O) groups is 1. The summed E-state index contributed by atoms with van der Waals surface area (Å²) in [5.41, 5.74) is 2.17. The van der Waals surface area contributed by atoms with E-state index >= 15 is 0 Å². The molecule has 0 radical (unpaired) electrons. The van der Waals surface area contributed by atoms with Gasteiger partial charge in [-0.05, 0) is 65.6 Å². The molecule has 1 heterocycles. The van der Waals surface area contributed by atoms with Crippen LogP contribution < -0.4 is 0 Å². The van der Waals surface area contributed by atoms with Crippen LogP contribution in [-0.2, 0) is 4.79 Å². The number of rotatable bonds is 20. The zero-order valence-corrected chi connectivity index (χ0v) is 31.4. The fourth-order valence-corrected chi connectivity index (χ4v) is 7.38. The van der Waals surface area contributed by atoms with Crippen molar-refractivity contribution in [1.82, 2.24) is 5.01 Å². The lowest BCUT2D eigenvalue weighted by molar-refractivity contribution is -0.155. The molecule has 43 heavy (non-hydrogen) atoms. The van der Waals surface area contributed by atoms with E-state index in [0.29, 0.717) is 12.5 Å². The van der Waals surface area contributed by atoms with Crippen molar-refractivity contribution >= 4 is 11.7 Å². The largest absolute Gasteiger partial charge is 0.481 e. The number of hydrogen-bond donors (Lipinski definition) is 1. The van der Waals surface area contributed by atoms with Gasteiger partial charge in [0.05, 0.1) is 12.0 Å². The molecule has 4 nitrogen and oxygen atoms in total. The summed E-state index contributed by atoms with van der Waals surface area (Å²) in [5, 5.41) is 18.2. The van der Waals surface area contributed by atoms with Gasteiger partial charge in [-0.25, -0.2) is 0 Å². The van der Waals surface area contributed by atoms with Crippen LogP contribution in [0.25, 0.3) is 0 Å². The van der Waals surface area contributed by atoms with E-state index in [1.54, 1.807) is 0 Å². The fourth-order valence-electron chi connectivity index (χ4n) is 7.38. The van der Waals surface area contributed by atoms with Gasteiger partial charge in [-0.1, -0.05) is 148 Å². The van der Waals surface area contributed by atoms with Crippen LogP contribution in [-0.4, -0.2) is 27.8 Å². The highest BCUT2D eigenvalue weighted by Crippen LogP contribution is 2.59. The summed E-state index contributed by atoms with van der Waals surface area (Å²) < 4.78 is 0. The maximum absolute atomic E-state index is 12.7. The second kappa shape index (κ2) is 16.3. The lowest BCUT2D eigenvalue weighted by Gasteiger charge is -2.55. The zero-order valence-electron chi connectivity index (χ0n) is 31.4. The molecule has 1 N–H and O–H groups in total. The molecule has 0 aromatic rings. The van der Waals surface area contributed by atoms with E-state index in [0.717, 1.165) is 32.1 Å². The highest BCUT2D eigenvalue weighted by atomic mass is 16.4. The number of carboxylic acid groups (broad SMARTS) is 1. The van der Waals surface area contributed by atoms with Crippen molar-refractivity contribution in [2.45, 2.75) is 193 Å². The monoisotopic (exact) mass is 603 g/mol. The van der Waals surface area contributed by atoms with E-state index in [9.17, 15) is 9.90 Å². The lowest BCUT2D eigenvalue weighted by atomic mass is 9.50. The molecular formula is C39H74N2O2. The molecule has 0 aromatic carbocycles. The third kappa shape index (κ3) is 10.9. The normalized spacial score (nSPS) is 18.1. The van der Waals surface area contributed by atoms with Gasteiger partial charge < -0.3 is 5.11 Å². The molecule has 0 aromatic heterocycles. The van der Waals surface area contributed by atoms with Gasteiger partial charge in [0, 0.05) is 17.8 Å². The maximum atomic E-state index is 12.7. The first kappa shape index (κ1) is 39.7. The van der Waals surface area contributed by atoms with Gasteiger partial charge in [0.1, 0.15) is 0 Å². The molecule has 3 unspecified atom stereocenters. The third-order valence-corrected chi connectivity index (χ3v) is 11.7. The quantitative estimate of drug-likeness (QED) is 0.141.